The third-order valence-electron chi connectivity index (χ3n) is 3.71. The van der Waals surface area contributed by atoms with E-state index in [9.17, 15) is 4.79 Å². The Hall–Kier alpha value is -2.42. The Morgan fingerprint density at radius 1 is 1.17 bits per heavy atom. The van der Waals surface area contributed by atoms with Gasteiger partial charge in [0, 0.05) is 5.56 Å². The lowest BCUT2D eigenvalue weighted by molar-refractivity contribution is -0.117. The maximum atomic E-state index is 12.3. The summed E-state index contributed by atoms with van der Waals surface area (Å²) >= 11 is 0. The maximum Gasteiger partial charge on any atom is 0.177 e. The molecule has 2 aliphatic carbocycles. The van der Waals surface area contributed by atoms with Gasteiger partial charge >= 0.3 is 0 Å². The third-order valence-corrected chi connectivity index (χ3v) is 3.71. The van der Waals surface area contributed by atoms with Crippen molar-refractivity contribution in [1.82, 2.24) is 5.43 Å². The molecule has 0 amide bonds. The molecule has 1 heterocycles. The molecule has 1 aromatic carbocycles. The highest BCUT2D eigenvalue weighted by atomic mass is 16.1. The summed E-state index contributed by atoms with van der Waals surface area (Å²) in [5.41, 5.74) is 6.05. The number of carbonyl (C=O) groups excluding carboxylic acids is 1. The van der Waals surface area contributed by atoms with E-state index in [1.807, 2.05) is 42.5 Å². The number of hydrogen-bond acceptors (Lipinski definition) is 3. The van der Waals surface area contributed by atoms with Crippen LogP contribution in [0.3, 0.4) is 0 Å². The van der Waals surface area contributed by atoms with E-state index in [1.165, 1.54) is 0 Å². The second-order valence-electron chi connectivity index (χ2n) is 4.60. The number of allylic oxidation sites excluding steroid dienone is 4. The minimum atomic E-state index is -0.719. The van der Waals surface area contributed by atoms with Crippen molar-refractivity contribution in [1.29, 1.82) is 0 Å². The molecular weight excluding hydrogens is 224 g/mol. The van der Waals surface area contributed by atoms with Gasteiger partial charge in [0.1, 0.15) is 5.41 Å². The molecule has 3 heteroatoms. The largest absolute Gasteiger partial charge is 0.293 e. The van der Waals surface area contributed by atoms with Crippen LogP contribution in [0.25, 0.3) is 6.08 Å². The van der Waals surface area contributed by atoms with E-state index >= 15 is 0 Å². The zero-order valence-electron chi connectivity index (χ0n) is 9.55. The van der Waals surface area contributed by atoms with Gasteiger partial charge in [0.2, 0.25) is 0 Å². The molecule has 1 aromatic rings. The monoisotopic (exact) mass is 234 g/mol. The van der Waals surface area contributed by atoms with E-state index in [0.29, 0.717) is 0 Å². The molecule has 3 nitrogen and oxygen atoms in total. The van der Waals surface area contributed by atoms with Gasteiger partial charge in [0.15, 0.2) is 5.78 Å². The van der Waals surface area contributed by atoms with Crippen LogP contribution in [0.5, 0.6) is 0 Å². The van der Waals surface area contributed by atoms with Gasteiger partial charge in [-0.3, -0.25) is 10.2 Å². The van der Waals surface area contributed by atoms with Crippen molar-refractivity contribution in [2.75, 3.05) is 0 Å². The van der Waals surface area contributed by atoms with E-state index in [1.54, 1.807) is 12.2 Å². The van der Waals surface area contributed by atoms with Gasteiger partial charge in [-0.2, -0.15) is 5.10 Å². The molecule has 1 atom stereocenters. The first-order valence-electron chi connectivity index (χ1n) is 5.88. The number of ketones is 1. The van der Waals surface area contributed by atoms with Crippen LogP contribution in [0.1, 0.15) is 11.1 Å². The molecule has 0 fully saturated rings. The van der Waals surface area contributed by atoms with Crippen molar-refractivity contribution in [2.24, 2.45) is 10.5 Å². The van der Waals surface area contributed by atoms with Crippen LogP contribution in [0.4, 0.5) is 0 Å². The summed E-state index contributed by atoms with van der Waals surface area (Å²) in [5.74, 6) is 0.0644. The zero-order chi connectivity index (χ0) is 12.2. The van der Waals surface area contributed by atoms with Crippen molar-refractivity contribution in [3.8, 4) is 0 Å². The first kappa shape index (κ1) is 9.59. The zero-order valence-corrected chi connectivity index (χ0v) is 9.55. The highest BCUT2D eigenvalue weighted by Crippen LogP contribution is 2.43. The van der Waals surface area contributed by atoms with E-state index in [0.717, 1.165) is 22.5 Å². The number of rotatable bonds is 0. The second-order valence-corrected chi connectivity index (χ2v) is 4.60. The normalized spacial score (nSPS) is 26.8. The van der Waals surface area contributed by atoms with Gasteiger partial charge in [-0.15, -0.1) is 0 Å². The number of carbonyl (C=O) groups is 1. The molecule has 0 saturated carbocycles. The molecule has 0 aromatic heterocycles. The number of hydrazone groups is 1. The second kappa shape index (κ2) is 3.07. The third kappa shape index (κ3) is 0.949. The molecule has 0 saturated heterocycles. The highest BCUT2D eigenvalue weighted by molar-refractivity contribution is 6.27. The molecule has 1 spiro atoms. The lowest BCUT2D eigenvalue weighted by Gasteiger charge is -2.30. The lowest BCUT2D eigenvalue weighted by Crippen LogP contribution is -2.40. The fraction of sp³-hybridized carbons (Fsp3) is 0.0667. The van der Waals surface area contributed by atoms with Gasteiger partial charge in [-0.1, -0.05) is 42.5 Å². The van der Waals surface area contributed by atoms with E-state index in [2.05, 4.69) is 10.5 Å². The fourth-order valence-corrected chi connectivity index (χ4v) is 2.80. The summed E-state index contributed by atoms with van der Waals surface area (Å²) in [4.78, 5) is 12.3. The summed E-state index contributed by atoms with van der Waals surface area (Å²) in [6.45, 7) is 0. The van der Waals surface area contributed by atoms with Crippen molar-refractivity contribution in [3.05, 3.63) is 65.4 Å². The van der Waals surface area contributed by atoms with Crippen LogP contribution < -0.4 is 5.43 Å². The van der Waals surface area contributed by atoms with Gasteiger partial charge in [0.05, 0.1) is 11.4 Å². The average Bonchev–Trinajstić information content (AvgIpc) is 2.80. The summed E-state index contributed by atoms with van der Waals surface area (Å²) in [5, 5.41) is 4.37. The molecule has 0 bridgehead atoms. The van der Waals surface area contributed by atoms with Crippen LogP contribution in [0.15, 0.2) is 59.4 Å². The Morgan fingerprint density at radius 2 is 2.06 bits per heavy atom. The topological polar surface area (TPSA) is 41.5 Å². The van der Waals surface area contributed by atoms with Gasteiger partial charge < -0.3 is 0 Å². The number of benzene rings is 1. The molecule has 4 rings (SSSR count). The summed E-state index contributed by atoms with van der Waals surface area (Å²) in [6, 6.07) is 8.00. The van der Waals surface area contributed by atoms with Crippen LogP contribution in [0.2, 0.25) is 0 Å². The first-order chi connectivity index (χ1) is 8.82. The maximum absolute atomic E-state index is 12.3. The fourth-order valence-electron chi connectivity index (χ4n) is 2.80. The lowest BCUT2D eigenvalue weighted by atomic mass is 9.69. The molecule has 0 radical (unpaired) electrons. The molecule has 3 aliphatic rings. The quantitative estimate of drug-likeness (QED) is 0.746. The Morgan fingerprint density at radius 3 is 3.00 bits per heavy atom. The molecule has 86 valence electrons. The summed E-state index contributed by atoms with van der Waals surface area (Å²) in [7, 11) is 0. The van der Waals surface area contributed by atoms with Crippen molar-refractivity contribution < 1.29 is 4.79 Å². The van der Waals surface area contributed by atoms with Gasteiger partial charge in [-0.05, 0) is 17.7 Å². The van der Waals surface area contributed by atoms with Crippen molar-refractivity contribution in [3.63, 3.8) is 0 Å². The predicted molar refractivity (Wildman–Crippen MR) is 69.8 cm³/mol. The minimum Gasteiger partial charge on any atom is -0.293 e. The molecule has 1 aliphatic heterocycles. The van der Waals surface area contributed by atoms with E-state index < -0.39 is 5.41 Å². The number of nitrogens with one attached hydrogen (secondary N) is 1. The standard InChI is InChI=1S/C15H10N2O/c18-13-7-3-6-12-15(13)9-8-10-4-1-2-5-11(10)14(15)17-16-12/h1-9,16H. The smallest absolute Gasteiger partial charge is 0.177 e. The molecular formula is C15H10N2O. The number of hydrogen-bond donors (Lipinski definition) is 1. The first-order valence-corrected chi connectivity index (χ1v) is 5.88. The predicted octanol–water partition coefficient (Wildman–Crippen LogP) is 2.03. The summed E-state index contributed by atoms with van der Waals surface area (Å²) < 4.78 is 0. The molecule has 1 unspecified atom stereocenters. The van der Waals surface area contributed by atoms with Crippen LogP contribution >= 0.6 is 0 Å². The SMILES string of the molecule is O=C1C=CC=C2NN=C3c4ccccc4C=CC123. The summed E-state index contributed by atoms with van der Waals surface area (Å²) in [6.07, 6.45) is 9.25. The van der Waals surface area contributed by atoms with E-state index in [-0.39, 0.29) is 5.78 Å². The Labute approximate surface area is 104 Å². The van der Waals surface area contributed by atoms with Gasteiger partial charge in [0.25, 0.3) is 0 Å². The van der Waals surface area contributed by atoms with Crippen LogP contribution in [0, 0.1) is 5.41 Å². The molecule has 18 heavy (non-hydrogen) atoms. The minimum absolute atomic E-state index is 0.0644. The van der Waals surface area contributed by atoms with Crippen LogP contribution in [-0.2, 0) is 4.79 Å². The van der Waals surface area contributed by atoms with Gasteiger partial charge in [-0.25, -0.2) is 0 Å². The average molecular weight is 234 g/mol. The Balaban J connectivity index is 2.03. The van der Waals surface area contributed by atoms with Crippen molar-refractivity contribution >= 4 is 17.6 Å². The number of nitrogens with zero attached hydrogens (tertiary/aromatic N) is 1. The van der Waals surface area contributed by atoms with E-state index in [4.69, 9.17) is 0 Å². The number of fused-ring (bicyclic) bond motifs is 2. The van der Waals surface area contributed by atoms with Crippen molar-refractivity contribution in [2.45, 2.75) is 0 Å². The Kier molecular flexibility index (Phi) is 1.64. The highest BCUT2D eigenvalue weighted by Gasteiger charge is 2.50. The molecule has 1 N–H and O–H groups in total. The van der Waals surface area contributed by atoms with Crippen LogP contribution in [-0.4, -0.2) is 11.5 Å². The Bertz CT molecular complexity index is 694.